The van der Waals surface area contributed by atoms with Crippen LogP contribution in [0.4, 0.5) is 0 Å². The van der Waals surface area contributed by atoms with Gasteiger partial charge in [0.2, 0.25) is 0 Å². The van der Waals surface area contributed by atoms with Gasteiger partial charge in [-0.25, -0.2) is 0 Å². The van der Waals surface area contributed by atoms with E-state index < -0.39 is 0 Å². The molecule has 0 aliphatic heterocycles. The molecular formula is C15H29IO4. The van der Waals surface area contributed by atoms with E-state index in [-0.39, 0.29) is 5.60 Å². The summed E-state index contributed by atoms with van der Waals surface area (Å²) in [6, 6.07) is 0. The highest BCUT2D eigenvalue weighted by molar-refractivity contribution is 14.1. The average molecular weight is 400 g/mol. The number of methoxy groups -OCH3 is 1. The van der Waals surface area contributed by atoms with Crippen LogP contribution in [0.1, 0.15) is 38.5 Å². The van der Waals surface area contributed by atoms with Crippen molar-refractivity contribution in [3.63, 3.8) is 0 Å². The van der Waals surface area contributed by atoms with Gasteiger partial charge in [0.1, 0.15) is 0 Å². The molecule has 0 aromatic carbocycles. The third-order valence-electron chi connectivity index (χ3n) is 3.70. The van der Waals surface area contributed by atoms with Crippen LogP contribution in [0, 0.1) is 0 Å². The summed E-state index contributed by atoms with van der Waals surface area (Å²) in [6.07, 6.45) is 7.73. The summed E-state index contributed by atoms with van der Waals surface area (Å²) in [5, 5.41) is 0. The molecule has 0 radical (unpaired) electrons. The molecular weight excluding hydrogens is 371 g/mol. The summed E-state index contributed by atoms with van der Waals surface area (Å²) < 4.78 is 23.0. The predicted octanol–water partition coefficient (Wildman–Crippen LogP) is 3.21. The Morgan fingerprint density at radius 1 is 0.800 bits per heavy atom. The second-order valence-corrected chi connectivity index (χ2v) is 6.06. The van der Waals surface area contributed by atoms with E-state index in [1.54, 1.807) is 7.11 Å². The summed E-state index contributed by atoms with van der Waals surface area (Å²) in [7, 11) is 1.67. The Hall–Kier alpha value is 0.570. The highest BCUT2D eigenvalue weighted by atomic mass is 127. The highest BCUT2D eigenvalue weighted by Gasteiger charge is 2.30. The maximum atomic E-state index is 6.15. The van der Waals surface area contributed by atoms with Crippen molar-refractivity contribution in [3.8, 4) is 0 Å². The molecule has 1 fully saturated rings. The van der Waals surface area contributed by atoms with Crippen LogP contribution < -0.4 is 0 Å². The van der Waals surface area contributed by atoms with Crippen LogP contribution >= 0.6 is 22.6 Å². The Morgan fingerprint density at radius 3 is 1.90 bits per heavy atom. The lowest BCUT2D eigenvalue weighted by atomic mass is 9.97. The van der Waals surface area contributed by atoms with Crippen molar-refractivity contribution < 1.29 is 18.9 Å². The maximum absolute atomic E-state index is 6.15. The quantitative estimate of drug-likeness (QED) is 0.231. The molecule has 0 heterocycles. The standard InChI is InChI=1S/C15H29IO4/c1-17-8-9-18-10-11-19-12-13-20-15(14-16)6-4-2-3-5-7-15/h2-14H2,1H3. The van der Waals surface area contributed by atoms with E-state index >= 15 is 0 Å². The first kappa shape index (κ1) is 18.6. The number of ether oxygens (including phenoxy) is 4. The van der Waals surface area contributed by atoms with Crippen molar-refractivity contribution in [2.75, 3.05) is 51.2 Å². The van der Waals surface area contributed by atoms with Crippen molar-refractivity contribution in [2.45, 2.75) is 44.1 Å². The van der Waals surface area contributed by atoms with Crippen LogP contribution in [0.2, 0.25) is 0 Å². The molecule has 120 valence electrons. The predicted molar refractivity (Wildman–Crippen MR) is 88.8 cm³/mol. The van der Waals surface area contributed by atoms with Crippen molar-refractivity contribution in [1.82, 2.24) is 0 Å². The zero-order valence-electron chi connectivity index (χ0n) is 12.7. The summed E-state index contributed by atoms with van der Waals surface area (Å²) >= 11 is 2.47. The molecule has 0 amide bonds. The number of hydrogen-bond donors (Lipinski definition) is 0. The number of rotatable bonds is 11. The van der Waals surface area contributed by atoms with Crippen LogP contribution in [0.25, 0.3) is 0 Å². The molecule has 0 N–H and O–H groups in total. The smallest absolute Gasteiger partial charge is 0.0772 e. The van der Waals surface area contributed by atoms with Crippen molar-refractivity contribution in [1.29, 1.82) is 0 Å². The minimum atomic E-state index is 0.107. The molecule has 0 saturated heterocycles. The monoisotopic (exact) mass is 400 g/mol. The van der Waals surface area contributed by atoms with Gasteiger partial charge in [-0.15, -0.1) is 0 Å². The molecule has 0 spiro atoms. The van der Waals surface area contributed by atoms with Gasteiger partial charge in [0, 0.05) is 11.5 Å². The molecule has 0 aromatic heterocycles. The Kier molecular flexibility index (Phi) is 11.3. The fraction of sp³-hybridized carbons (Fsp3) is 1.00. The maximum Gasteiger partial charge on any atom is 0.0772 e. The third-order valence-corrected chi connectivity index (χ3v) is 5.09. The summed E-state index contributed by atoms with van der Waals surface area (Å²) in [4.78, 5) is 0. The molecule has 1 aliphatic carbocycles. The highest BCUT2D eigenvalue weighted by Crippen LogP contribution is 2.32. The van der Waals surface area contributed by atoms with Crippen LogP contribution in [0.3, 0.4) is 0 Å². The summed E-state index contributed by atoms with van der Waals surface area (Å²) in [5.74, 6) is 0. The van der Waals surface area contributed by atoms with E-state index in [1.807, 2.05) is 0 Å². The SMILES string of the molecule is COCCOCCOCCOC1(CI)CCCCCC1. The van der Waals surface area contributed by atoms with Gasteiger partial charge >= 0.3 is 0 Å². The van der Waals surface area contributed by atoms with Crippen LogP contribution in [-0.2, 0) is 18.9 Å². The third kappa shape index (κ3) is 8.12. The van der Waals surface area contributed by atoms with Gasteiger partial charge in [0.25, 0.3) is 0 Å². The first-order chi connectivity index (χ1) is 9.83. The molecule has 5 heteroatoms. The van der Waals surface area contributed by atoms with Gasteiger partial charge < -0.3 is 18.9 Å². The molecule has 0 aromatic rings. The first-order valence-corrected chi connectivity index (χ1v) is 9.20. The average Bonchev–Trinajstić information content (AvgIpc) is 2.72. The molecule has 0 unspecified atom stereocenters. The molecule has 20 heavy (non-hydrogen) atoms. The van der Waals surface area contributed by atoms with E-state index in [0.29, 0.717) is 39.6 Å². The van der Waals surface area contributed by atoms with Crippen LogP contribution in [-0.4, -0.2) is 56.8 Å². The van der Waals surface area contributed by atoms with Gasteiger partial charge in [-0.05, 0) is 12.8 Å². The van der Waals surface area contributed by atoms with Gasteiger partial charge in [-0.3, -0.25) is 0 Å². The largest absolute Gasteiger partial charge is 0.382 e. The normalized spacial score (nSPS) is 18.9. The van der Waals surface area contributed by atoms with Gasteiger partial charge in [0.15, 0.2) is 0 Å². The van der Waals surface area contributed by atoms with Gasteiger partial charge in [-0.1, -0.05) is 48.3 Å². The van der Waals surface area contributed by atoms with Crippen molar-refractivity contribution in [3.05, 3.63) is 0 Å². The van der Waals surface area contributed by atoms with Crippen molar-refractivity contribution in [2.24, 2.45) is 0 Å². The zero-order chi connectivity index (χ0) is 14.5. The van der Waals surface area contributed by atoms with E-state index in [9.17, 15) is 0 Å². The van der Waals surface area contributed by atoms with E-state index in [0.717, 1.165) is 4.43 Å². The van der Waals surface area contributed by atoms with Crippen LogP contribution in [0.15, 0.2) is 0 Å². The Bertz CT molecular complexity index is 218. The summed E-state index contributed by atoms with van der Waals surface area (Å²) in [5.41, 5.74) is 0.107. The molecule has 1 rings (SSSR count). The Labute approximate surface area is 137 Å². The number of alkyl halides is 1. The van der Waals surface area contributed by atoms with E-state index in [1.165, 1.54) is 38.5 Å². The molecule has 0 bridgehead atoms. The van der Waals surface area contributed by atoms with E-state index in [4.69, 9.17) is 18.9 Å². The first-order valence-electron chi connectivity index (χ1n) is 7.67. The Morgan fingerprint density at radius 2 is 1.35 bits per heavy atom. The fourth-order valence-electron chi connectivity index (χ4n) is 2.47. The Balaban J connectivity index is 2.01. The molecule has 1 saturated carbocycles. The second kappa shape index (κ2) is 12.1. The van der Waals surface area contributed by atoms with Gasteiger partial charge in [0.05, 0.1) is 45.2 Å². The van der Waals surface area contributed by atoms with Gasteiger partial charge in [-0.2, -0.15) is 0 Å². The molecule has 0 atom stereocenters. The summed E-state index contributed by atoms with van der Waals surface area (Å²) in [6.45, 7) is 3.88. The lowest BCUT2D eigenvalue weighted by molar-refractivity contribution is -0.0655. The zero-order valence-corrected chi connectivity index (χ0v) is 14.9. The fourth-order valence-corrected chi connectivity index (χ4v) is 3.45. The molecule has 1 aliphatic rings. The lowest BCUT2D eigenvalue weighted by Crippen LogP contribution is -2.35. The number of hydrogen-bond acceptors (Lipinski definition) is 4. The van der Waals surface area contributed by atoms with E-state index in [2.05, 4.69) is 22.6 Å². The lowest BCUT2D eigenvalue weighted by Gasteiger charge is -2.31. The topological polar surface area (TPSA) is 36.9 Å². The van der Waals surface area contributed by atoms with Crippen molar-refractivity contribution >= 4 is 22.6 Å². The number of halogens is 1. The molecule has 4 nitrogen and oxygen atoms in total. The second-order valence-electron chi connectivity index (χ2n) is 5.30. The minimum absolute atomic E-state index is 0.107. The van der Waals surface area contributed by atoms with Crippen LogP contribution in [0.5, 0.6) is 0 Å². The minimum Gasteiger partial charge on any atom is -0.382 e.